The van der Waals surface area contributed by atoms with Crippen molar-refractivity contribution in [2.24, 2.45) is 7.05 Å². The molecule has 0 saturated heterocycles. The first-order valence-electron chi connectivity index (χ1n) is 6.69. The number of hydrogen-bond acceptors (Lipinski definition) is 3. The first-order valence-corrected chi connectivity index (χ1v) is 6.69. The molecule has 0 spiro atoms. The molecular formula is C15H21ClN4O. The Kier molecular flexibility index (Phi) is 6.39. The molecule has 2 rings (SSSR count). The summed E-state index contributed by atoms with van der Waals surface area (Å²) in [7, 11) is 3.60. The van der Waals surface area contributed by atoms with Gasteiger partial charge in [0.15, 0.2) is 0 Å². The zero-order chi connectivity index (χ0) is 14.5. The van der Waals surface area contributed by atoms with Crippen LogP contribution in [0.3, 0.4) is 0 Å². The zero-order valence-corrected chi connectivity index (χ0v) is 13.3. The molecule has 6 heteroatoms. The summed E-state index contributed by atoms with van der Waals surface area (Å²) in [6, 6.07) is 7.48. The first-order chi connectivity index (χ1) is 9.63. The van der Waals surface area contributed by atoms with Crippen molar-refractivity contribution >= 4 is 24.0 Å². The highest BCUT2D eigenvalue weighted by atomic mass is 35.5. The van der Waals surface area contributed by atoms with Gasteiger partial charge in [-0.2, -0.15) is 5.10 Å². The van der Waals surface area contributed by atoms with Crippen LogP contribution in [0.25, 0.3) is 0 Å². The molecule has 0 aliphatic rings. The molecule has 0 radical (unpaired) electrons. The Morgan fingerprint density at radius 3 is 2.76 bits per heavy atom. The fraction of sp³-hybridized carbons (Fsp3) is 0.333. The van der Waals surface area contributed by atoms with Gasteiger partial charge in [-0.1, -0.05) is 19.1 Å². The monoisotopic (exact) mass is 308 g/mol. The number of nitrogens with one attached hydrogen (secondary N) is 2. The van der Waals surface area contributed by atoms with Crippen molar-refractivity contribution in [3.05, 3.63) is 47.8 Å². The van der Waals surface area contributed by atoms with Gasteiger partial charge in [0.1, 0.15) is 6.04 Å². The van der Waals surface area contributed by atoms with Crippen LogP contribution < -0.4 is 10.6 Å². The van der Waals surface area contributed by atoms with Gasteiger partial charge in [0, 0.05) is 24.5 Å². The van der Waals surface area contributed by atoms with Crippen molar-refractivity contribution in [2.45, 2.75) is 19.4 Å². The number of amides is 1. The van der Waals surface area contributed by atoms with Gasteiger partial charge in [-0.05, 0) is 31.2 Å². The lowest BCUT2D eigenvalue weighted by atomic mass is 10.1. The van der Waals surface area contributed by atoms with Crippen molar-refractivity contribution in [1.29, 1.82) is 0 Å². The van der Waals surface area contributed by atoms with Gasteiger partial charge < -0.3 is 10.6 Å². The molecule has 0 aliphatic carbocycles. The quantitative estimate of drug-likeness (QED) is 0.891. The SMILES string of the molecule is CCc1cccc(NC(=O)C(NC)c2cnn(C)c2)c1.Cl. The minimum absolute atomic E-state index is 0. The van der Waals surface area contributed by atoms with Gasteiger partial charge in [-0.25, -0.2) is 0 Å². The maximum atomic E-state index is 12.3. The molecule has 5 nitrogen and oxygen atoms in total. The number of aryl methyl sites for hydroxylation is 2. The summed E-state index contributed by atoms with van der Waals surface area (Å²) in [6.07, 6.45) is 4.48. The van der Waals surface area contributed by atoms with Crippen LogP contribution in [0.1, 0.15) is 24.1 Å². The number of hydrogen-bond donors (Lipinski definition) is 2. The number of carbonyl (C=O) groups excluding carboxylic acids is 1. The Hall–Kier alpha value is -1.85. The predicted octanol–water partition coefficient (Wildman–Crippen LogP) is 2.30. The van der Waals surface area contributed by atoms with Crippen molar-refractivity contribution in [3.63, 3.8) is 0 Å². The molecule has 1 unspecified atom stereocenters. The lowest BCUT2D eigenvalue weighted by Gasteiger charge is -2.15. The maximum Gasteiger partial charge on any atom is 0.246 e. The van der Waals surface area contributed by atoms with Crippen LogP contribution in [0.2, 0.25) is 0 Å². The van der Waals surface area contributed by atoms with E-state index >= 15 is 0 Å². The third kappa shape index (κ3) is 4.31. The minimum atomic E-state index is -0.408. The molecular weight excluding hydrogens is 288 g/mol. The summed E-state index contributed by atoms with van der Waals surface area (Å²) >= 11 is 0. The summed E-state index contributed by atoms with van der Waals surface area (Å²) in [4.78, 5) is 12.3. The highest BCUT2D eigenvalue weighted by Crippen LogP contribution is 2.16. The molecule has 2 aromatic rings. The van der Waals surface area contributed by atoms with Gasteiger partial charge >= 0.3 is 0 Å². The highest BCUT2D eigenvalue weighted by molar-refractivity contribution is 5.95. The van der Waals surface area contributed by atoms with Crippen molar-refractivity contribution in [3.8, 4) is 0 Å². The van der Waals surface area contributed by atoms with E-state index in [1.54, 1.807) is 17.9 Å². The second-order valence-electron chi connectivity index (χ2n) is 4.71. The normalized spacial score (nSPS) is 11.6. The Morgan fingerprint density at radius 2 is 2.19 bits per heavy atom. The van der Waals surface area contributed by atoms with Crippen LogP contribution in [0.15, 0.2) is 36.7 Å². The predicted molar refractivity (Wildman–Crippen MR) is 86.7 cm³/mol. The number of benzene rings is 1. The summed E-state index contributed by atoms with van der Waals surface area (Å²) in [5, 5.41) is 10.1. The fourth-order valence-corrected chi connectivity index (χ4v) is 2.12. The second kappa shape index (κ2) is 7.81. The lowest BCUT2D eigenvalue weighted by Crippen LogP contribution is -2.30. The molecule has 1 heterocycles. The van der Waals surface area contributed by atoms with Gasteiger partial charge in [0.2, 0.25) is 5.91 Å². The molecule has 0 bridgehead atoms. The standard InChI is InChI=1S/C15H20N4O.ClH/c1-4-11-6-5-7-13(8-11)18-15(20)14(16-2)12-9-17-19(3)10-12;/h5-10,14,16H,4H2,1-3H3,(H,18,20);1H. The molecule has 1 aromatic heterocycles. The number of anilines is 1. The number of rotatable bonds is 5. The molecule has 21 heavy (non-hydrogen) atoms. The average molecular weight is 309 g/mol. The molecule has 0 saturated carbocycles. The van der Waals surface area contributed by atoms with Gasteiger partial charge in [-0.3, -0.25) is 9.48 Å². The van der Waals surface area contributed by atoms with Crippen LogP contribution in [0.5, 0.6) is 0 Å². The molecule has 2 N–H and O–H groups in total. The lowest BCUT2D eigenvalue weighted by molar-refractivity contribution is -0.118. The van der Waals surface area contributed by atoms with E-state index in [9.17, 15) is 4.79 Å². The second-order valence-corrected chi connectivity index (χ2v) is 4.71. The molecule has 0 fully saturated rings. The number of aromatic nitrogens is 2. The van der Waals surface area contributed by atoms with E-state index in [1.165, 1.54) is 5.56 Å². The molecule has 1 aromatic carbocycles. The highest BCUT2D eigenvalue weighted by Gasteiger charge is 2.20. The van der Waals surface area contributed by atoms with E-state index < -0.39 is 6.04 Å². The van der Waals surface area contributed by atoms with Crippen LogP contribution in [0.4, 0.5) is 5.69 Å². The summed E-state index contributed by atoms with van der Waals surface area (Å²) in [5.41, 5.74) is 2.86. The van der Waals surface area contributed by atoms with E-state index in [0.29, 0.717) is 0 Å². The number of halogens is 1. The molecule has 1 atom stereocenters. The van der Waals surface area contributed by atoms with Crippen LogP contribution in [0, 0.1) is 0 Å². The Labute approximate surface area is 131 Å². The Bertz CT molecular complexity index is 597. The first kappa shape index (κ1) is 17.2. The summed E-state index contributed by atoms with van der Waals surface area (Å²) < 4.78 is 1.69. The average Bonchev–Trinajstić information content (AvgIpc) is 2.86. The van der Waals surface area contributed by atoms with Crippen molar-refractivity contribution in [1.82, 2.24) is 15.1 Å². The third-order valence-corrected chi connectivity index (χ3v) is 3.21. The molecule has 1 amide bonds. The zero-order valence-electron chi connectivity index (χ0n) is 12.5. The van der Waals surface area contributed by atoms with E-state index in [1.807, 2.05) is 37.5 Å². The van der Waals surface area contributed by atoms with E-state index in [0.717, 1.165) is 17.7 Å². The van der Waals surface area contributed by atoms with E-state index in [2.05, 4.69) is 22.7 Å². The number of carbonyl (C=O) groups is 1. The van der Waals surface area contributed by atoms with Crippen LogP contribution in [-0.2, 0) is 18.3 Å². The van der Waals surface area contributed by atoms with Crippen molar-refractivity contribution in [2.75, 3.05) is 12.4 Å². The smallest absolute Gasteiger partial charge is 0.246 e. The number of nitrogens with zero attached hydrogens (tertiary/aromatic N) is 2. The number of likely N-dealkylation sites (N-methyl/N-ethyl adjacent to an activating group) is 1. The molecule has 114 valence electrons. The Balaban J connectivity index is 0.00000220. The van der Waals surface area contributed by atoms with Crippen LogP contribution in [-0.4, -0.2) is 22.7 Å². The van der Waals surface area contributed by atoms with E-state index in [4.69, 9.17) is 0 Å². The van der Waals surface area contributed by atoms with Gasteiger partial charge in [0.25, 0.3) is 0 Å². The summed E-state index contributed by atoms with van der Waals surface area (Å²) in [6.45, 7) is 2.09. The van der Waals surface area contributed by atoms with Gasteiger partial charge in [-0.15, -0.1) is 12.4 Å². The summed E-state index contributed by atoms with van der Waals surface area (Å²) in [5.74, 6) is -0.0891. The fourth-order valence-electron chi connectivity index (χ4n) is 2.12. The largest absolute Gasteiger partial charge is 0.324 e. The van der Waals surface area contributed by atoms with E-state index in [-0.39, 0.29) is 18.3 Å². The minimum Gasteiger partial charge on any atom is -0.324 e. The third-order valence-electron chi connectivity index (χ3n) is 3.21. The van der Waals surface area contributed by atoms with Crippen molar-refractivity contribution < 1.29 is 4.79 Å². The molecule has 0 aliphatic heterocycles. The van der Waals surface area contributed by atoms with Crippen LogP contribution >= 0.6 is 12.4 Å². The maximum absolute atomic E-state index is 12.3. The topological polar surface area (TPSA) is 59.0 Å². The Morgan fingerprint density at radius 1 is 1.43 bits per heavy atom. The van der Waals surface area contributed by atoms with Gasteiger partial charge in [0.05, 0.1) is 6.20 Å².